The Morgan fingerprint density at radius 2 is 1.90 bits per heavy atom. The molecule has 0 aliphatic carbocycles. The van der Waals surface area contributed by atoms with Crippen LogP contribution in [0, 0.1) is 5.41 Å². The largest absolute Gasteiger partial charge is 0.352 e. The molecular weight excluding hydrogens is 390 g/mol. The number of nitrogens with one attached hydrogen (secondary N) is 2. The van der Waals surface area contributed by atoms with E-state index in [1.807, 2.05) is 50.2 Å². The number of benzene rings is 1. The normalized spacial score (nSPS) is 12.2. The van der Waals surface area contributed by atoms with E-state index >= 15 is 0 Å². The zero-order chi connectivity index (χ0) is 22.0. The summed E-state index contributed by atoms with van der Waals surface area (Å²) in [5.74, 6) is -0.355. The van der Waals surface area contributed by atoms with Crippen molar-refractivity contribution in [1.82, 2.24) is 19.3 Å². The number of amides is 1. The van der Waals surface area contributed by atoms with Crippen LogP contribution in [-0.4, -0.2) is 26.4 Å². The number of aromatic nitrogens is 3. The molecule has 31 heavy (non-hydrogen) atoms. The fourth-order valence-electron chi connectivity index (χ4n) is 3.75. The predicted octanol–water partition coefficient (Wildman–Crippen LogP) is 3.27. The van der Waals surface area contributed by atoms with Crippen molar-refractivity contribution in [2.75, 3.05) is 6.54 Å². The van der Waals surface area contributed by atoms with Gasteiger partial charge in [-0.05, 0) is 37.1 Å². The zero-order valence-electron chi connectivity index (χ0n) is 17.6. The lowest BCUT2D eigenvalue weighted by Crippen LogP contribution is -2.36. The molecule has 0 aliphatic heterocycles. The smallest absolute Gasteiger partial charge is 0.267 e. The van der Waals surface area contributed by atoms with Gasteiger partial charge < -0.3 is 9.88 Å². The summed E-state index contributed by atoms with van der Waals surface area (Å²) in [7, 11) is 0. The van der Waals surface area contributed by atoms with Crippen molar-refractivity contribution in [2.24, 2.45) is 0 Å². The number of nitrogens with zero attached hydrogens (tertiary/aromatic N) is 3. The van der Waals surface area contributed by atoms with Crippen LogP contribution in [0.3, 0.4) is 0 Å². The SMILES string of the molecule is CCCCNC(=O)c1cc2c(=O)n3ccccc3nc2n(C(C)c2ccccc2)c1=N. The monoisotopic (exact) mass is 415 g/mol. The maximum absolute atomic E-state index is 13.3. The second-order valence-electron chi connectivity index (χ2n) is 7.56. The maximum atomic E-state index is 13.3. The number of unbranched alkanes of at least 4 members (excludes halogenated alkanes) is 1. The number of pyridine rings is 2. The summed E-state index contributed by atoms with van der Waals surface area (Å²) in [5, 5.41) is 12.0. The quantitative estimate of drug-likeness (QED) is 0.374. The Labute approximate surface area is 179 Å². The highest BCUT2D eigenvalue weighted by Crippen LogP contribution is 2.20. The predicted molar refractivity (Wildman–Crippen MR) is 120 cm³/mol. The van der Waals surface area contributed by atoms with Crippen LogP contribution in [0.5, 0.6) is 0 Å². The molecule has 158 valence electrons. The molecule has 0 saturated heterocycles. The van der Waals surface area contributed by atoms with Crippen LogP contribution in [0.2, 0.25) is 0 Å². The van der Waals surface area contributed by atoms with E-state index in [0.29, 0.717) is 23.2 Å². The molecule has 0 radical (unpaired) electrons. The van der Waals surface area contributed by atoms with Crippen molar-refractivity contribution in [3.05, 3.63) is 87.8 Å². The number of hydrogen-bond acceptors (Lipinski definition) is 4. The lowest BCUT2D eigenvalue weighted by Gasteiger charge is -2.20. The molecule has 1 amide bonds. The first-order chi connectivity index (χ1) is 15.0. The Kier molecular flexibility index (Phi) is 5.66. The van der Waals surface area contributed by atoms with Crippen LogP contribution in [0.4, 0.5) is 0 Å². The molecule has 0 aliphatic rings. The molecular formula is C24H25N5O2. The molecule has 3 heterocycles. The molecule has 7 nitrogen and oxygen atoms in total. The van der Waals surface area contributed by atoms with Crippen molar-refractivity contribution in [3.63, 3.8) is 0 Å². The molecule has 2 N–H and O–H groups in total. The van der Waals surface area contributed by atoms with Crippen LogP contribution in [-0.2, 0) is 0 Å². The molecule has 1 aromatic carbocycles. The van der Waals surface area contributed by atoms with Gasteiger partial charge in [0.15, 0.2) is 0 Å². The van der Waals surface area contributed by atoms with Crippen molar-refractivity contribution in [3.8, 4) is 0 Å². The number of hydrogen-bond donors (Lipinski definition) is 2. The van der Waals surface area contributed by atoms with Gasteiger partial charge in [-0.2, -0.15) is 0 Å². The molecule has 0 fully saturated rings. The molecule has 4 aromatic rings. The molecule has 0 bridgehead atoms. The summed E-state index contributed by atoms with van der Waals surface area (Å²) in [4.78, 5) is 30.9. The van der Waals surface area contributed by atoms with E-state index in [1.165, 1.54) is 10.5 Å². The fourth-order valence-corrected chi connectivity index (χ4v) is 3.75. The van der Waals surface area contributed by atoms with Gasteiger partial charge in [0.25, 0.3) is 11.5 Å². The topological polar surface area (TPSA) is 92.2 Å². The van der Waals surface area contributed by atoms with Gasteiger partial charge in [-0.1, -0.05) is 49.7 Å². The van der Waals surface area contributed by atoms with Gasteiger partial charge in [0, 0.05) is 12.7 Å². The van der Waals surface area contributed by atoms with E-state index in [0.717, 1.165) is 18.4 Å². The zero-order valence-corrected chi connectivity index (χ0v) is 17.6. The Hall–Kier alpha value is -3.74. The van der Waals surface area contributed by atoms with Gasteiger partial charge >= 0.3 is 0 Å². The van der Waals surface area contributed by atoms with Gasteiger partial charge in [-0.3, -0.25) is 19.4 Å². The van der Waals surface area contributed by atoms with Gasteiger partial charge in [0.05, 0.1) is 17.0 Å². The van der Waals surface area contributed by atoms with Crippen molar-refractivity contribution in [2.45, 2.75) is 32.7 Å². The average molecular weight is 415 g/mol. The lowest BCUT2D eigenvalue weighted by molar-refractivity contribution is 0.0950. The van der Waals surface area contributed by atoms with E-state index in [2.05, 4.69) is 5.32 Å². The lowest BCUT2D eigenvalue weighted by atomic mass is 10.1. The summed E-state index contributed by atoms with van der Waals surface area (Å²) < 4.78 is 3.13. The van der Waals surface area contributed by atoms with E-state index < -0.39 is 0 Å². The molecule has 4 rings (SSSR count). The van der Waals surface area contributed by atoms with E-state index in [4.69, 9.17) is 10.4 Å². The molecule has 3 aromatic heterocycles. The van der Waals surface area contributed by atoms with Crippen molar-refractivity contribution < 1.29 is 4.79 Å². The third kappa shape index (κ3) is 3.74. The number of rotatable bonds is 6. The highest BCUT2D eigenvalue weighted by Gasteiger charge is 2.20. The second-order valence-corrected chi connectivity index (χ2v) is 7.56. The van der Waals surface area contributed by atoms with Gasteiger partial charge in [0.1, 0.15) is 16.8 Å². The van der Waals surface area contributed by atoms with E-state index in [9.17, 15) is 9.59 Å². The van der Waals surface area contributed by atoms with Crippen LogP contribution >= 0.6 is 0 Å². The van der Waals surface area contributed by atoms with Gasteiger partial charge in [0.2, 0.25) is 0 Å². The van der Waals surface area contributed by atoms with Crippen LogP contribution < -0.4 is 16.4 Å². The Balaban J connectivity index is 2.02. The molecule has 7 heteroatoms. The summed E-state index contributed by atoms with van der Waals surface area (Å²) in [5.41, 5.74) is 1.78. The Bertz CT molecular complexity index is 1370. The maximum Gasteiger partial charge on any atom is 0.267 e. The van der Waals surface area contributed by atoms with Crippen molar-refractivity contribution >= 4 is 22.6 Å². The number of fused-ring (bicyclic) bond motifs is 2. The minimum atomic E-state index is -0.355. The summed E-state index contributed by atoms with van der Waals surface area (Å²) in [6.45, 7) is 4.52. The molecule has 1 atom stereocenters. The third-order valence-electron chi connectivity index (χ3n) is 5.49. The molecule has 0 saturated carbocycles. The minimum Gasteiger partial charge on any atom is -0.352 e. The highest BCUT2D eigenvalue weighted by atomic mass is 16.1. The second kappa shape index (κ2) is 8.55. The fraction of sp³-hybridized carbons (Fsp3) is 0.250. The van der Waals surface area contributed by atoms with Gasteiger partial charge in [-0.15, -0.1) is 0 Å². The summed E-state index contributed by atoms with van der Waals surface area (Å²) in [6, 6.07) is 16.3. The summed E-state index contributed by atoms with van der Waals surface area (Å²) >= 11 is 0. The van der Waals surface area contributed by atoms with Crippen LogP contribution in [0.15, 0.2) is 65.6 Å². The Morgan fingerprint density at radius 1 is 1.16 bits per heavy atom. The highest BCUT2D eigenvalue weighted by molar-refractivity contribution is 5.96. The van der Waals surface area contributed by atoms with E-state index in [1.54, 1.807) is 22.9 Å². The first-order valence-corrected chi connectivity index (χ1v) is 10.5. The number of carbonyl (C=O) groups excluding carboxylic acids is 1. The standard InChI is InChI=1S/C24H25N5O2/c1-3-4-13-26-23(30)18-15-19-22(27-20-12-8-9-14-28(20)24(19)31)29(21(18)25)16(2)17-10-6-5-7-11-17/h5-12,14-16,25H,3-4,13H2,1-2H3,(H,26,30). The first kappa shape index (κ1) is 20.5. The van der Waals surface area contributed by atoms with Crippen LogP contribution in [0.25, 0.3) is 16.7 Å². The molecule has 0 spiro atoms. The third-order valence-corrected chi connectivity index (χ3v) is 5.49. The summed E-state index contributed by atoms with van der Waals surface area (Å²) in [6.07, 6.45) is 3.46. The molecule has 1 unspecified atom stereocenters. The minimum absolute atomic E-state index is 0.0324. The Morgan fingerprint density at radius 3 is 2.65 bits per heavy atom. The van der Waals surface area contributed by atoms with Gasteiger partial charge in [-0.25, -0.2) is 4.98 Å². The average Bonchev–Trinajstić information content (AvgIpc) is 2.79. The number of carbonyl (C=O) groups is 1. The van der Waals surface area contributed by atoms with E-state index in [-0.39, 0.29) is 28.6 Å². The van der Waals surface area contributed by atoms with Crippen LogP contribution in [0.1, 0.15) is 48.7 Å². The first-order valence-electron chi connectivity index (χ1n) is 10.5. The van der Waals surface area contributed by atoms with Crippen molar-refractivity contribution in [1.29, 1.82) is 5.41 Å².